The number of ketones is 1. The molecule has 2 aromatic carbocycles. The van der Waals surface area contributed by atoms with Crippen LogP contribution in [0.3, 0.4) is 0 Å². The molecule has 1 unspecified atom stereocenters. The van der Waals surface area contributed by atoms with Gasteiger partial charge in [0.15, 0.2) is 12.4 Å². The summed E-state index contributed by atoms with van der Waals surface area (Å²) in [6.45, 7) is 3.60. The summed E-state index contributed by atoms with van der Waals surface area (Å²) in [4.78, 5) is 51.2. The lowest BCUT2D eigenvalue weighted by Crippen LogP contribution is -2.49. The number of ether oxygens (including phenoxy) is 3. The second kappa shape index (κ2) is 11.3. The molecule has 0 N–H and O–H groups in total. The first kappa shape index (κ1) is 24.0. The Balaban J connectivity index is 1.79. The van der Waals surface area contributed by atoms with Crippen LogP contribution in [0.2, 0.25) is 0 Å². The molecule has 0 aliphatic carbocycles. The Kier molecular flexibility index (Phi) is 8.18. The molecule has 1 aliphatic rings. The summed E-state index contributed by atoms with van der Waals surface area (Å²) in [6.07, 6.45) is 0.259. The third-order valence-corrected chi connectivity index (χ3v) is 5.22. The van der Waals surface area contributed by atoms with Gasteiger partial charge < -0.3 is 14.2 Å². The number of benzene rings is 2. The van der Waals surface area contributed by atoms with Crippen LogP contribution in [0, 0.1) is 0 Å². The third-order valence-electron chi connectivity index (χ3n) is 5.22. The zero-order valence-electron chi connectivity index (χ0n) is 18.7. The predicted octanol–water partition coefficient (Wildman–Crippen LogP) is 3.46. The topological polar surface area (TPSA) is 99.2 Å². The van der Waals surface area contributed by atoms with E-state index in [2.05, 4.69) is 0 Å². The molecule has 0 bridgehead atoms. The van der Waals surface area contributed by atoms with Crippen molar-refractivity contribution in [2.75, 3.05) is 18.1 Å². The monoisotopic (exact) mass is 453 g/mol. The van der Waals surface area contributed by atoms with Crippen LogP contribution in [0.1, 0.15) is 49.0 Å². The number of carbonyl (C=O) groups is 4. The Morgan fingerprint density at radius 3 is 2.48 bits per heavy atom. The van der Waals surface area contributed by atoms with Crippen molar-refractivity contribution >= 4 is 29.3 Å². The molecule has 2 aromatic rings. The molecule has 8 nitrogen and oxygen atoms in total. The van der Waals surface area contributed by atoms with Crippen molar-refractivity contribution in [2.24, 2.45) is 0 Å². The van der Waals surface area contributed by atoms with Crippen LogP contribution in [0.4, 0.5) is 5.69 Å². The largest absolute Gasteiger partial charge is 0.482 e. The normalized spacial score (nSPS) is 13.5. The fourth-order valence-corrected chi connectivity index (χ4v) is 3.56. The van der Waals surface area contributed by atoms with E-state index in [0.717, 1.165) is 5.56 Å². The summed E-state index contributed by atoms with van der Waals surface area (Å²) in [5, 5.41) is 0. The van der Waals surface area contributed by atoms with Gasteiger partial charge in [0.1, 0.15) is 18.4 Å². The average Bonchev–Trinajstić information content (AvgIpc) is 2.83. The van der Waals surface area contributed by atoms with E-state index in [1.165, 1.54) is 11.0 Å². The van der Waals surface area contributed by atoms with Crippen molar-refractivity contribution < 1.29 is 33.4 Å². The summed E-state index contributed by atoms with van der Waals surface area (Å²) < 4.78 is 15.8. The van der Waals surface area contributed by atoms with Gasteiger partial charge in [-0.2, -0.15) is 0 Å². The number of nitrogens with zero attached hydrogens (tertiary/aromatic N) is 1. The number of esters is 2. The number of fused-ring (bicyclic) bond motifs is 1. The summed E-state index contributed by atoms with van der Waals surface area (Å²) >= 11 is 0. The van der Waals surface area contributed by atoms with Crippen LogP contribution in [0.25, 0.3) is 0 Å². The minimum atomic E-state index is -0.867. The molecule has 0 saturated carbocycles. The molecular formula is C25H27NO7. The summed E-state index contributed by atoms with van der Waals surface area (Å²) in [5.41, 5.74) is 1.48. The lowest BCUT2D eigenvalue weighted by molar-refractivity contribution is -0.148. The van der Waals surface area contributed by atoms with Crippen LogP contribution in [-0.2, 0) is 30.5 Å². The number of carbonyl (C=O) groups excluding carboxylic acids is 4. The highest BCUT2D eigenvalue weighted by atomic mass is 16.5. The van der Waals surface area contributed by atoms with E-state index in [1.54, 1.807) is 26.0 Å². The van der Waals surface area contributed by atoms with Gasteiger partial charge in [0.2, 0.25) is 0 Å². The van der Waals surface area contributed by atoms with Crippen molar-refractivity contribution in [1.29, 1.82) is 0 Å². The van der Waals surface area contributed by atoms with Crippen LogP contribution in [0.5, 0.6) is 5.75 Å². The van der Waals surface area contributed by atoms with E-state index in [-0.39, 0.29) is 38.4 Å². The number of hydrogen-bond acceptors (Lipinski definition) is 7. The molecule has 0 aromatic heterocycles. The van der Waals surface area contributed by atoms with Crippen molar-refractivity contribution in [2.45, 2.75) is 45.8 Å². The van der Waals surface area contributed by atoms with Gasteiger partial charge in [0, 0.05) is 12.0 Å². The van der Waals surface area contributed by atoms with E-state index in [4.69, 9.17) is 14.2 Å². The Morgan fingerprint density at radius 1 is 1.03 bits per heavy atom. The molecule has 174 valence electrons. The van der Waals surface area contributed by atoms with Crippen LogP contribution in [-0.4, -0.2) is 42.9 Å². The van der Waals surface area contributed by atoms with Crippen LogP contribution in [0.15, 0.2) is 48.5 Å². The van der Waals surface area contributed by atoms with Gasteiger partial charge in [-0.15, -0.1) is 0 Å². The predicted molar refractivity (Wildman–Crippen MR) is 120 cm³/mol. The summed E-state index contributed by atoms with van der Waals surface area (Å²) in [5.74, 6) is -1.27. The summed E-state index contributed by atoms with van der Waals surface area (Å²) in [7, 11) is 0. The standard InChI is InChI=1S/C25H27NO7/c1-3-19(25(30)33-15-17-8-6-5-7-9-17)26-20-14-18(10-12-22(20)32-16-23(26)28)21(27)11-13-24(29)31-4-2/h5-10,12,14,19H,3-4,11,13,15-16H2,1-2H3. The molecular weight excluding hydrogens is 426 g/mol. The highest BCUT2D eigenvalue weighted by Gasteiger charge is 2.36. The van der Waals surface area contributed by atoms with Gasteiger partial charge in [0.25, 0.3) is 5.91 Å². The molecule has 1 atom stereocenters. The van der Waals surface area contributed by atoms with Crippen LogP contribution < -0.4 is 9.64 Å². The number of anilines is 1. The Labute approximate surface area is 192 Å². The number of rotatable bonds is 10. The second-order valence-corrected chi connectivity index (χ2v) is 7.48. The third kappa shape index (κ3) is 5.97. The van der Waals surface area contributed by atoms with Gasteiger partial charge in [0.05, 0.1) is 18.7 Å². The van der Waals surface area contributed by atoms with E-state index < -0.39 is 23.9 Å². The number of Topliss-reactive ketones (excluding diaryl/α,β-unsaturated/α-hetero) is 1. The number of amides is 1. The van der Waals surface area contributed by atoms with E-state index in [0.29, 0.717) is 23.4 Å². The van der Waals surface area contributed by atoms with Crippen molar-refractivity contribution in [3.63, 3.8) is 0 Å². The smallest absolute Gasteiger partial charge is 0.329 e. The fraction of sp³-hybridized carbons (Fsp3) is 0.360. The van der Waals surface area contributed by atoms with E-state index in [9.17, 15) is 19.2 Å². The molecule has 1 amide bonds. The molecule has 0 spiro atoms. The Hall–Kier alpha value is -3.68. The second-order valence-electron chi connectivity index (χ2n) is 7.48. The zero-order chi connectivity index (χ0) is 23.8. The average molecular weight is 453 g/mol. The molecule has 0 radical (unpaired) electrons. The van der Waals surface area contributed by atoms with Crippen molar-refractivity contribution in [3.05, 3.63) is 59.7 Å². The lowest BCUT2D eigenvalue weighted by Gasteiger charge is -2.34. The minimum absolute atomic E-state index is 0.0251. The van der Waals surface area contributed by atoms with Gasteiger partial charge in [-0.05, 0) is 37.1 Å². The minimum Gasteiger partial charge on any atom is -0.482 e. The highest BCUT2D eigenvalue weighted by molar-refractivity contribution is 6.05. The van der Waals surface area contributed by atoms with Gasteiger partial charge in [-0.3, -0.25) is 19.3 Å². The molecule has 1 aliphatic heterocycles. The SMILES string of the molecule is CCOC(=O)CCC(=O)c1ccc2c(c1)N(C(CC)C(=O)OCc1ccccc1)C(=O)CO2. The molecule has 1 heterocycles. The Bertz CT molecular complexity index is 1020. The fourth-order valence-electron chi connectivity index (χ4n) is 3.56. The molecule has 8 heteroatoms. The maximum absolute atomic E-state index is 12.9. The Morgan fingerprint density at radius 2 is 1.79 bits per heavy atom. The first-order valence-corrected chi connectivity index (χ1v) is 10.9. The lowest BCUT2D eigenvalue weighted by atomic mass is 10.0. The van der Waals surface area contributed by atoms with Crippen LogP contribution >= 0.6 is 0 Å². The zero-order valence-corrected chi connectivity index (χ0v) is 18.7. The van der Waals surface area contributed by atoms with Gasteiger partial charge in [-0.25, -0.2) is 4.79 Å². The molecule has 3 rings (SSSR count). The first-order valence-electron chi connectivity index (χ1n) is 10.9. The molecule has 0 saturated heterocycles. The quantitative estimate of drug-likeness (QED) is 0.401. The van der Waals surface area contributed by atoms with Crippen molar-refractivity contribution in [1.82, 2.24) is 0 Å². The van der Waals surface area contributed by atoms with Gasteiger partial charge in [-0.1, -0.05) is 37.3 Å². The van der Waals surface area contributed by atoms with Gasteiger partial charge >= 0.3 is 11.9 Å². The highest BCUT2D eigenvalue weighted by Crippen LogP contribution is 2.35. The van der Waals surface area contributed by atoms with E-state index in [1.807, 2.05) is 30.3 Å². The number of hydrogen-bond donors (Lipinski definition) is 0. The van der Waals surface area contributed by atoms with Crippen molar-refractivity contribution in [3.8, 4) is 5.75 Å². The molecule has 33 heavy (non-hydrogen) atoms. The first-order chi connectivity index (χ1) is 15.9. The summed E-state index contributed by atoms with van der Waals surface area (Å²) in [6, 6.07) is 13.1. The maximum Gasteiger partial charge on any atom is 0.329 e. The van der Waals surface area contributed by atoms with E-state index >= 15 is 0 Å². The maximum atomic E-state index is 12.9. The molecule has 0 fully saturated rings.